The van der Waals surface area contributed by atoms with Crippen LogP contribution < -0.4 is 5.73 Å². The van der Waals surface area contributed by atoms with Gasteiger partial charge in [0.25, 0.3) is 0 Å². The lowest BCUT2D eigenvalue weighted by Crippen LogP contribution is -2.22. The summed E-state index contributed by atoms with van der Waals surface area (Å²) in [7, 11) is 0. The number of aromatic nitrogens is 2. The van der Waals surface area contributed by atoms with Crippen molar-refractivity contribution < 1.29 is 9.50 Å². The van der Waals surface area contributed by atoms with Gasteiger partial charge < -0.3 is 15.4 Å². The van der Waals surface area contributed by atoms with Crippen LogP contribution in [0.4, 0.5) is 10.3 Å². The summed E-state index contributed by atoms with van der Waals surface area (Å²) in [5.41, 5.74) is 7.22. The number of nitrogens with two attached hydrogens (primary N) is 1. The molecule has 0 unspecified atom stereocenters. The van der Waals surface area contributed by atoms with E-state index in [1.807, 2.05) is 4.57 Å². The van der Waals surface area contributed by atoms with Crippen molar-refractivity contribution in [2.24, 2.45) is 0 Å². The van der Waals surface area contributed by atoms with E-state index in [0.717, 1.165) is 25.7 Å². The fourth-order valence-corrected chi connectivity index (χ4v) is 2.97. The first-order valence-corrected chi connectivity index (χ1v) is 6.74. The lowest BCUT2D eigenvalue weighted by molar-refractivity contribution is 0.112. The Labute approximate surface area is 115 Å². The number of benzene rings is 1. The first-order chi connectivity index (χ1) is 9.06. The Morgan fingerprint density at radius 2 is 2.00 bits per heavy atom. The first kappa shape index (κ1) is 12.7. The van der Waals surface area contributed by atoms with E-state index < -0.39 is 5.82 Å². The van der Waals surface area contributed by atoms with Crippen LogP contribution >= 0.6 is 11.6 Å². The lowest BCUT2D eigenvalue weighted by atomic mass is 9.93. The molecule has 1 heterocycles. The number of nitrogen functional groups attached to an aromatic ring is 1. The van der Waals surface area contributed by atoms with Crippen molar-refractivity contribution in [2.45, 2.75) is 37.8 Å². The fourth-order valence-electron chi connectivity index (χ4n) is 2.81. The summed E-state index contributed by atoms with van der Waals surface area (Å²) in [5, 5.41) is 9.61. The van der Waals surface area contributed by atoms with E-state index in [1.165, 1.54) is 12.1 Å². The first-order valence-electron chi connectivity index (χ1n) is 6.37. The number of halogens is 2. The van der Waals surface area contributed by atoms with Crippen LogP contribution in [-0.4, -0.2) is 20.8 Å². The highest BCUT2D eigenvalue weighted by Crippen LogP contribution is 2.34. The maximum atomic E-state index is 13.6. The predicted molar refractivity (Wildman–Crippen MR) is 72.6 cm³/mol. The highest BCUT2D eigenvalue weighted by atomic mass is 35.5. The van der Waals surface area contributed by atoms with Crippen LogP contribution in [0.5, 0.6) is 0 Å². The summed E-state index contributed by atoms with van der Waals surface area (Å²) in [6.07, 6.45) is 2.88. The highest BCUT2D eigenvalue weighted by Gasteiger charge is 2.24. The van der Waals surface area contributed by atoms with E-state index in [2.05, 4.69) is 4.98 Å². The summed E-state index contributed by atoms with van der Waals surface area (Å²) < 4.78 is 15.5. The van der Waals surface area contributed by atoms with Crippen molar-refractivity contribution >= 4 is 28.6 Å². The number of fused-ring (bicyclic) bond motifs is 1. The van der Waals surface area contributed by atoms with Gasteiger partial charge in [-0.2, -0.15) is 0 Å². The molecule has 0 spiro atoms. The summed E-state index contributed by atoms with van der Waals surface area (Å²) in [5.74, 6) is -0.0933. The van der Waals surface area contributed by atoms with Gasteiger partial charge >= 0.3 is 0 Å². The quantitative estimate of drug-likeness (QED) is 0.846. The predicted octanol–water partition coefficient (Wildman–Crippen LogP) is 2.89. The van der Waals surface area contributed by atoms with Gasteiger partial charge in [-0.25, -0.2) is 9.37 Å². The van der Waals surface area contributed by atoms with Crippen LogP contribution in [0.3, 0.4) is 0 Å². The van der Waals surface area contributed by atoms with Gasteiger partial charge in [-0.3, -0.25) is 0 Å². The van der Waals surface area contributed by atoms with Gasteiger partial charge in [0, 0.05) is 12.1 Å². The molecule has 4 nitrogen and oxygen atoms in total. The third-order valence-corrected chi connectivity index (χ3v) is 4.08. The molecule has 0 aliphatic heterocycles. The lowest BCUT2D eigenvalue weighted by Gasteiger charge is -2.27. The van der Waals surface area contributed by atoms with Crippen molar-refractivity contribution in [1.29, 1.82) is 0 Å². The average molecular weight is 284 g/mol. The number of imidazole rings is 1. The van der Waals surface area contributed by atoms with Crippen molar-refractivity contribution in [3.05, 3.63) is 23.0 Å². The molecule has 0 amide bonds. The molecule has 0 atom stereocenters. The van der Waals surface area contributed by atoms with E-state index in [-0.39, 0.29) is 17.2 Å². The SMILES string of the molecule is Nc1nc2cc(Cl)c(F)cc2n1C1CCC(O)CC1. The van der Waals surface area contributed by atoms with Crippen LogP contribution in [0.15, 0.2) is 12.1 Å². The smallest absolute Gasteiger partial charge is 0.201 e. The number of hydrogen-bond acceptors (Lipinski definition) is 3. The zero-order valence-electron chi connectivity index (χ0n) is 10.3. The van der Waals surface area contributed by atoms with E-state index in [0.29, 0.717) is 17.0 Å². The summed E-state index contributed by atoms with van der Waals surface area (Å²) in [6.45, 7) is 0. The van der Waals surface area contributed by atoms with E-state index in [4.69, 9.17) is 17.3 Å². The molecular weight excluding hydrogens is 269 g/mol. The third-order valence-electron chi connectivity index (χ3n) is 3.79. The number of aliphatic hydroxyl groups excluding tert-OH is 1. The minimum atomic E-state index is -0.467. The zero-order chi connectivity index (χ0) is 13.6. The van der Waals surface area contributed by atoms with Crippen LogP contribution in [0, 0.1) is 5.82 Å². The second-order valence-corrected chi connectivity index (χ2v) is 5.46. The molecule has 1 aliphatic rings. The van der Waals surface area contributed by atoms with Crippen LogP contribution in [-0.2, 0) is 0 Å². The van der Waals surface area contributed by atoms with Gasteiger partial charge in [0.1, 0.15) is 5.82 Å². The van der Waals surface area contributed by atoms with Gasteiger partial charge in [0.15, 0.2) is 0 Å². The Morgan fingerprint density at radius 3 is 2.68 bits per heavy atom. The molecule has 19 heavy (non-hydrogen) atoms. The second kappa shape index (κ2) is 4.65. The Hall–Kier alpha value is -1.33. The van der Waals surface area contributed by atoms with Crippen molar-refractivity contribution in [3.63, 3.8) is 0 Å². The van der Waals surface area contributed by atoms with Crippen LogP contribution in [0.1, 0.15) is 31.7 Å². The number of anilines is 1. The molecule has 3 rings (SSSR count). The maximum Gasteiger partial charge on any atom is 0.201 e. The summed E-state index contributed by atoms with van der Waals surface area (Å²) in [6, 6.07) is 3.04. The van der Waals surface area contributed by atoms with Gasteiger partial charge in [0.05, 0.1) is 22.2 Å². The minimum absolute atomic E-state index is 0.0521. The van der Waals surface area contributed by atoms with Crippen molar-refractivity contribution in [3.8, 4) is 0 Å². The molecule has 102 valence electrons. The van der Waals surface area contributed by atoms with E-state index in [9.17, 15) is 9.50 Å². The Bertz CT molecular complexity index is 620. The van der Waals surface area contributed by atoms with Crippen LogP contribution in [0.25, 0.3) is 11.0 Å². The number of aliphatic hydroxyl groups is 1. The van der Waals surface area contributed by atoms with E-state index >= 15 is 0 Å². The van der Waals surface area contributed by atoms with Crippen LogP contribution in [0.2, 0.25) is 5.02 Å². The average Bonchev–Trinajstić information content (AvgIpc) is 2.67. The molecule has 0 bridgehead atoms. The molecule has 0 radical (unpaired) electrons. The summed E-state index contributed by atoms with van der Waals surface area (Å²) in [4.78, 5) is 4.24. The standard InChI is InChI=1S/C13H15ClFN3O/c14-9-5-11-12(6-10(9)15)18(13(16)17-11)7-1-3-8(19)4-2-7/h5-8,19H,1-4H2,(H2,16,17). The molecule has 1 fully saturated rings. The number of nitrogens with zero attached hydrogens (tertiary/aromatic N) is 2. The molecule has 1 aromatic carbocycles. The number of hydrogen-bond donors (Lipinski definition) is 2. The van der Waals surface area contributed by atoms with Gasteiger partial charge in [-0.1, -0.05) is 11.6 Å². The topological polar surface area (TPSA) is 64.1 Å². The van der Waals surface area contributed by atoms with Gasteiger partial charge in [-0.05, 0) is 31.7 Å². The molecule has 1 aromatic heterocycles. The molecule has 3 N–H and O–H groups in total. The monoisotopic (exact) mass is 283 g/mol. The minimum Gasteiger partial charge on any atom is -0.393 e. The molecule has 1 aliphatic carbocycles. The normalized spacial score (nSPS) is 23.9. The Morgan fingerprint density at radius 1 is 1.32 bits per heavy atom. The third kappa shape index (κ3) is 2.17. The zero-order valence-corrected chi connectivity index (χ0v) is 11.1. The second-order valence-electron chi connectivity index (χ2n) is 5.06. The van der Waals surface area contributed by atoms with Gasteiger partial charge in [0.2, 0.25) is 5.95 Å². The fraction of sp³-hybridized carbons (Fsp3) is 0.462. The maximum absolute atomic E-state index is 13.6. The number of rotatable bonds is 1. The van der Waals surface area contributed by atoms with Crippen molar-refractivity contribution in [2.75, 3.05) is 5.73 Å². The van der Waals surface area contributed by atoms with Crippen molar-refractivity contribution in [1.82, 2.24) is 9.55 Å². The molecule has 2 aromatic rings. The summed E-state index contributed by atoms with van der Waals surface area (Å²) >= 11 is 5.76. The molecule has 1 saturated carbocycles. The Balaban J connectivity index is 2.07. The molecule has 6 heteroatoms. The Kier molecular flexibility index (Phi) is 3.11. The largest absolute Gasteiger partial charge is 0.393 e. The van der Waals surface area contributed by atoms with Gasteiger partial charge in [-0.15, -0.1) is 0 Å². The molecule has 0 saturated heterocycles. The molecular formula is C13H15ClFN3O. The highest BCUT2D eigenvalue weighted by molar-refractivity contribution is 6.31. The van der Waals surface area contributed by atoms with E-state index in [1.54, 1.807) is 0 Å².